The molecule has 0 spiro atoms. The molecular formula is C14H17N3O2S. The van der Waals surface area contributed by atoms with Gasteiger partial charge in [0.1, 0.15) is 4.90 Å². The Hall–Kier alpha value is -1.95. The van der Waals surface area contributed by atoms with Crippen molar-refractivity contribution in [2.75, 3.05) is 16.6 Å². The monoisotopic (exact) mass is 291 g/mol. The number of hydrogen-bond donors (Lipinski definition) is 2. The molecule has 5 nitrogen and oxygen atoms in total. The predicted octanol–water partition coefficient (Wildman–Crippen LogP) is 2.18. The average Bonchev–Trinajstić information content (AvgIpc) is 2.86. The number of rotatable bonds is 3. The number of benzene rings is 1. The van der Waals surface area contributed by atoms with Crippen molar-refractivity contribution in [1.82, 2.24) is 4.57 Å². The molecule has 0 atom stereocenters. The van der Waals surface area contributed by atoms with Crippen molar-refractivity contribution in [3.63, 3.8) is 0 Å². The maximum absolute atomic E-state index is 12.2. The number of nitrogens with one attached hydrogen (secondary N) is 2. The summed E-state index contributed by atoms with van der Waals surface area (Å²) in [4.78, 5) is 0.269. The van der Waals surface area contributed by atoms with Crippen LogP contribution < -0.4 is 10.0 Å². The molecular weight excluding hydrogens is 274 g/mol. The molecule has 0 fully saturated rings. The van der Waals surface area contributed by atoms with Crippen molar-refractivity contribution in [3.05, 3.63) is 42.2 Å². The van der Waals surface area contributed by atoms with Gasteiger partial charge in [0.25, 0.3) is 10.0 Å². The van der Waals surface area contributed by atoms with Gasteiger partial charge < -0.3 is 9.88 Å². The van der Waals surface area contributed by atoms with Gasteiger partial charge >= 0.3 is 0 Å². The van der Waals surface area contributed by atoms with Crippen LogP contribution in [-0.2, 0) is 23.5 Å². The summed E-state index contributed by atoms with van der Waals surface area (Å²) < 4.78 is 28.8. The molecule has 2 heterocycles. The number of aromatic nitrogens is 1. The Bertz CT molecular complexity index is 735. The molecule has 6 heteroatoms. The van der Waals surface area contributed by atoms with Crippen molar-refractivity contribution in [1.29, 1.82) is 0 Å². The summed E-state index contributed by atoms with van der Waals surface area (Å²) >= 11 is 0. The predicted molar refractivity (Wildman–Crippen MR) is 79.5 cm³/mol. The minimum atomic E-state index is -3.52. The van der Waals surface area contributed by atoms with Crippen LogP contribution in [0.15, 0.2) is 41.6 Å². The van der Waals surface area contributed by atoms with Gasteiger partial charge in [0.15, 0.2) is 0 Å². The number of anilines is 2. The minimum absolute atomic E-state index is 0.269. The first-order chi connectivity index (χ1) is 9.54. The van der Waals surface area contributed by atoms with E-state index in [9.17, 15) is 8.42 Å². The fourth-order valence-electron chi connectivity index (χ4n) is 2.38. The van der Waals surface area contributed by atoms with Crippen molar-refractivity contribution < 1.29 is 8.42 Å². The number of nitrogens with zero attached hydrogens (tertiary/aromatic N) is 1. The van der Waals surface area contributed by atoms with E-state index in [1.165, 1.54) is 5.56 Å². The van der Waals surface area contributed by atoms with E-state index in [1.54, 1.807) is 30.1 Å². The van der Waals surface area contributed by atoms with E-state index in [4.69, 9.17) is 0 Å². The fraction of sp³-hybridized carbons (Fsp3) is 0.286. The smallest absolute Gasteiger partial charge is 0.263 e. The molecule has 1 aliphatic heterocycles. The van der Waals surface area contributed by atoms with Crippen LogP contribution >= 0.6 is 0 Å². The average molecular weight is 291 g/mol. The van der Waals surface area contributed by atoms with Crippen LogP contribution in [0.5, 0.6) is 0 Å². The largest absolute Gasteiger partial charge is 0.385 e. The first-order valence-electron chi connectivity index (χ1n) is 6.56. The van der Waals surface area contributed by atoms with Gasteiger partial charge in [0, 0.05) is 31.7 Å². The molecule has 106 valence electrons. The van der Waals surface area contributed by atoms with Gasteiger partial charge in [0.2, 0.25) is 0 Å². The molecule has 0 saturated carbocycles. The summed E-state index contributed by atoms with van der Waals surface area (Å²) in [5, 5.41) is 3.29. The molecule has 0 amide bonds. The van der Waals surface area contributed by atoms with Crippen LogP contribution in [0, 0.1) is 0 Å². The highest BCUT2D eigenvalue weighted by atomic mass is 32.2. The second-order valence-corrected chi connectivity index (χ2v) is 6.70. The van der Waals surface area contributed by atoms with Gasteiger partial charge in [-0.1, -0.05) is 6.07 Å². The summed E-state index contributed by atoms with van der Waals surface area (Å²) in [5.41, 5.74) is 2.84. The summed E-state index contributed by atoms with van der Waals surface area (Å²) in [6.07, 6.45) is 5.44. The first-order valence-corrected chi connectivity index (χ1v) is 8.04. The van der Waals surface area contributed by atoms with Crippen LogP contribution in [0.1, 0.15) is 12.0 Å². The number of aryl methyl sites for hydroxylation is 2. The van der Waals surface area contributed by atoms with E-state index in [-0.39, 0.29) is 4.90 Å². The maximum atomic E-state index is 12.2. The lowest BCUT2D eigenvalue weighted by molar-refractivity contribution is 0.601. The molecule has 0 unspecified atom stereocenters. The molecule has 0 saturated heterocycles. The third kappa shape index (κ3) is 2.51. The van der Waals surface area contributed by atoms with Gasteiger partial charge in [-0.25, -0.2) is 8.42 Å². The molecule has 0 aliphatic carbocycles. The molecule has 2 N–H and O–H groups in total. The van der Waals surface area contributed by atoms with E-state index in [2.05, 4.69) is 10.0 Å². The highest BCUT2D eigenvalue weighted by Gasteiger charge is 2.16. The zero-order valence-electron chi connectivity index (χ0n) is 11.3. The van der Waals surface area contributed by atoms with Crippen molar-refractivity contribution in [2.24, 2.45) is 7.05 Å². The van der Waals surface area contributed by atoms with Gasteiger partial charge in [0.05, 0.1) is 5.69 Å². The molecule has 0 bridgehead atoms. The summed E-state index contributed by atoms with van der Waals surface area (Å²) in [6.45, 7) is 0.932. The van der Waals surface area contributed by atoms with Gasteiger partial charge in [-0.2, -0.15) is 0 Å². The van der Waals surface area contributed by atoms with E-state index < -0.39 is 10.0 Å². The first kappa shape index (κ1) is 13.1. The number of fused-ring (bicyclic) bond motifs is 1. The third-order valence-corrected chi connectivity index (χ3v) is 4.78. The summed E-state index contributed by atoms with van der Waals surface area (Å²) in [6, 6.07) is 7.23. The SMILES string of the molecule is Cn1ccc(S(=O)(=O)Nc2ccc3c(c2)NCCC3)c1. The fourth-order valence-corrected chi connectivity index (χ4v) is 3.48. The lowest BCUT2D eigenvalue weighted by Crippen LogP contribution is -2.15. The summed E-state index contributed by atoms with van der Waals surface area (Å²) in [5.74, 6) is 0. The number of sulfonamides is 1. The van der Waals surface area contributed by atoms with Gasteiger partial charge in [-0.15, -0.1) is 0 Å². The second-order valence-electron chi connectivity index (χ2n) is 5.02. The van der Waals surface area contributed by atoms with Gasteiger partial charge in [-0.3, -0.25) is 4.72 Å². The Labute approximate surface area is 118 Å². The molecule has 1 aliphatic rings. The lowest BCUT2D eigenvalue weighted by atomic mass is 10.0. The molecule has 1 aromatic carbocycles. The third-order valence-electron chi connectivity index (χ3n) is 3.42. The van der Waals surface area contributed by atoms with Crippen molar-refractivity contribution >= 4 is 21.4 Å². The quantitative estimate of drug-likeness (QED) is 0.911. The van der Waals surface area contributed by atoms with E-state index in [1.807, 2.05) is 18.2 Å². The lowest BCUT2D eigenvalue weighted by Gasteiger charge is -2.19. The van der Waals surface area contributed by atoms with E-state index in [0.29, 0.717) is 5.69 Å². The van der Waals surface area contributed by atoms with Crippen molar-refractivity contribution in [3.8, 4) is 0 Å². The Kier molecular flexibility index (Phi) is 3.17. The topological polar surface area (TPSA) is 63.1 Å². The normalized spacial score (nSPS) is 14.4. The standard InChI is InChI=1S/C14H17N3O2S/c1-17-8-6-13(10-17)20(18,19)16-12-5-4-11-3-2-7-15-14(11)9-12/h4-6,8-10,15-16H,2-3,7H2,1H3. The molecule has 3 rings (SSSR count). The Morgan fingerprint density at radius 3 is 2.90 bits per heavy atom. The molecule has 1 aromatic heterocycles. The van der Waals surface area contributed by atoms with Gasteiger partial charge in [-0.05, 0) is 36.6 Å². The maximum Gasteiger partial charge on any atom is 0.263 e. The Balaban J connectivity index is 1.87. The molecule has 0 radical (unpaired) electrons. The van der Waals surface area contributed by atoms with Crippen molar-refractivity contribution in [2.45, 2.75) is 17.7 Å². The zero-order chi connectivity index (χ0) is 14.2. The van der Waals surface area contributed by atoms with E-state index in [0.717, 1.165) is 25.1 Å². The van der Waals surface area contributed by atoms with Crippen LogP contribution in [0.2, 0.25) is 0 Å². The van der Waals surface area contributed by atoms with Crippen LogP contribution in [0.4, 0.5) is 11.4 Å². The minimum Gasteiger partial charge on any atom is -0.385 e. The Morgan fingerprint density at radius 2 is 2.15 bits per heavy atom. The van der Waals surface area contributed by atoms with Crippen LogP contribution in [0.3, 0.4) is 0 Å². The zero-order valence-corrected chi connectivity index (χ0v) is 12.1. The number of hydrogen-bond acceptors (Lipinski definition) is 3. The highest BCUT2D eigenvalue weighted by Crippen LogP contribution is 2.26. The summed E-state index contributed by atoms with van der Waals surface area (Å²) in [7, 11) is -1.72. The van der Waals surface area contributed by atoms with E-state index >= 15 is 0 Å². The highest BCUT2D eigenvalue weighted by molar-refractivity contribution is 7.92. The van der Waals surface area contributed by atoms with Crippen LogP contribution in [0.25, 0.3) is 0 Å². The Morgan fingerprint density at radius 1 is 1.30 bits per heavy atom. The molecule has 20 heavy (non-hydrogen) atoms. The molecule has 2 aromatic rings. The second kappa shape index (κ2) is 4.86. The van der Waals surface area contributed by atoms with Crippen LogP contribution in [-0.4, -0.2) is 19.5 Å².